The van der Waals surface area contributed by atoms with Gasteiger partial charge in [-0.25, -0.2) is 0 Å². The van der Waals surface area contributed by atoms with Crippen LogP contribution in [-0.2, 0) is 0 Å². The van der Waals surface area contributed by atoms with Crippen molar-refractivity contribution in [2.75, 3.05) is 9.80 Å². The van der Waals surface area contributed by atoms with Crippen molar-refractivity contribution in [3.05, 3.63) is 205 Å². The molecular formula is C62H54N2. The lowest BCUT2D eigenvalue weighted by molar-refractivity contribution is 0.443. The molecule has 0 unspecified atom stereocenters. The van der Waals surface area contributed by atoms with Gasteiger partial charge >= 0.3 is 0 Å². The number of nitrogens with zero attached hydrogens (tertiary/aromatic N) is 2. The van der Waals surface area contributed by atoms with Crippen LogP contribution in [0.5, 0.6) is 0 Å². The number of fused-ring (bicyclic) bond motifs is 11. The summed E-state index contributed by atoms with van der Waals surface area (Å²) in [6.45, 7) is 0. The maximum absolute atomic E-state index is 2.44. The summed E-state index contributed by atoms with van der Waals surface area (Å²) in [4.78, 5) is 4.87. The highest BCUT2D eigenvalue weighted by Crippen LogP contribution is 2.48. The van der Waals surface area contributed by atoms with E-state index in [4.69, 9.17) is 0 Å². The minimum absolute atomic E-state index is 0.677. The van der Waals surface area contributed by atoms with Crippen LogP contribution < -0.4 is 9.80 Å². The molecule has 2 nitrogen and oxygen atoms in total. The summed E-state index contributed by atoms with van der Waals surface area (Å²) >= 11 is 0. The quantitative estimate of drug-likeness (QED) is 0.141. The topological polar surface area (TPSA) is 6.48 Å². The Hall–Kier alpha value is -6.90. The zero-order valence-electron chi connectivity index (χ0n) is 36.6. The summed E-state index contributed by atoms with van der Waals surface area (Å²) in [7, 11) is 0. The first-order valence-electron chi connectivity index (χ1n) is 23.9. The average molecular weight is 827 g/mol. The molecule has 0 N–H and O–H groups in total. The van der Waals surface area contributed by atoms with Crippen LogP contribution in [-0.4, -0.2) is 0 Å². The molecule has 0 aliphatic heterocycles. The number of anilines is 6. The molecule has 10 aromatic rings. The summed E-state index contributed by atoms with van der Waals surface area (Å²) in [5.74, 6) is 1.35. The van der Waals surface area contributed by atoms with Gasteiger partial charge in [0, 0.05) is 34.1 Å². The third-order valence-electron chi connectivity index (χ3n) is 14.8. The summed E-state index contributed by atoms with van der Waals surface area (Å²) in [6.07, 6.45) is 13.3. The number of hydrogen-bond acceptors (Lipinski definition) is 2. The Kier molecular flexibility index (Phi) is 10.1. The molecule has 64 heavy (non-hydrogen) atoms. The van der Waals surface area contributed by atoms with Gasteiger partial charge in [-0.1, -0.05) is 160 Å². The van der Waals surface area contributed by atoms with E-state index in [1.54, 1.807) is 0 Å². The highest BCUT2D eigenvalue weighted by atomic mass is 15.1. The van der Waals surface area contributed by atoms with E-state index in [2.05, 4.69) is 204 Å². The molecule has 0 amide bonds. The predicted molar refractivity (Wildman–Crippen MR) is 275 cm³/mol. The Morgan fingerprint density at radius 3 is 0.953 bits per heavy atom. The van der Waals surface area contributed by atoms with E-state index in [0.29, 0.717) is 11.8 Å². The Bertz CT molecular complexity index is 3040. The van der Waals surface area contributed by atoms with Gasteiger partial charge in [0.1, 0.15) is 0 Å². The molecule has 12 rings (SSSR count). The van der Waals surface area contributed by atoms with Crippen molar-refractivity contribution in [3.8, 4) is 0 Å². The number of benzene rings is 10. The summed E-state index contributed by atoms with van der Waals surface area (Å²) < 4.78 is 0. The van der Waals surface area contributed by atoms with Gasteiger partial charge in [0.2, 0.25) is 0 Å². The summed E-state index contributed by atoms with van der Waals surface area (Å²) in [5, 5.41) is 12.9. The fourth-order valence-corrected chi connectivity index (χ4v) is 11.6. The second-order valence-corrected chi connectivity index (χ2v) is 18.5. The third-order valence-corrected chi connectivity index (χ3v) is 14.8. The smallest absolute Gasteiger partial charge is 0.0468 e. The van der Waals surface area contributed by atoms with Crippen LogP contribution in [0.3, 0.4) is 0 Å². The Morgan fingerprint density at radius 2 is 0.562 bits per heavy atom. The van der Waals surface area contributed by atoms with E-state index in [1.807, 2.05) is 0 Å². The van der Waals surface area contributed by atoms with E-state index < -0.39 is 0 Å². The fraction of sp³-hybridized carbons (Fsp3) is 0.194. The average Bonchev–Trinajstić information content (AvgIpc) is 3.38. The van der Waals surface area contributed by atoms with Crippen molar-refractivity contribution in [1.29, 1.82) is 0 Å². The molecular weight excluding hydrogens is 773 g/mol. The largest absolute Gasteiger partial charge is 0.310 e. The fourth-order valence-electron chi connectivity index (χ4n) is 11.6. The summed E-state index contributed by atoms with van der Waals surface area (Å²) in [5.41, 5.74) is 9.99. The molecule has 10 aromatic carbocycles. The number of rotatable bonds is 8. The van der Waals surface area contributed by atoms with Gasteiger partial charge in [-0.3, -0.25) is 0 Å². The Labute approximate surface area is 377 Å². The molecule has 0 spiro atoms. The van der Waals surface area contributed by atoms with Gasteiger partial charge in [-0.15, -0.1) is 0 Å². The van der Waals surface area contributed by atoms with E-state index in [-0.39, 0.29) is 0 Å². The highest BCUT2D eigenvalue weighted by Gasteiger charge is 2.22. The Morgan fingerprint density at radius 1 is 0.250 bits per heavy atom. The van der Waals surface area contributed by atoms with E-state index in [0.717, 1.165) is 22.7 Å². The predicted octanol–water partition coefficient (Wildman–Crippen LogP) is 18.5. The van der Waals surface area contributed by atoms with Crippen LogP contribution in [0.2, 0.25) is 0 Å². The van der Waals surface area contributed by atoms with Crippen molar-refractivity contribution in [1.82, 2.24) is 0 Å². The molecule has 2 aliphatic rings. The van der Waals surface area contributed by atoms with E-state index >= 15 is 0 Å². The third kappa shape index (κ3) is 6.88. The summed E-state index contributed by atoms with van der Waals surface area (Å²) in [6, 6.07) is 73.3. The van der Waals surface area contributed by atoms with Crippen LogP contribution in [0.25, 0.3) is 53.9 Å². The molecule has 0 radical (unpaired) electrons. The second-order valence-electron chi connectivity index (χ2n) is 18.5. The standard InChI is InChI=1S/C62H54N2/c1-5-17-43(18-6-1)45-29-33-49(34-30-45)63(47-21-9-3-10-22-47)51-37-39-57-59(41-51)53-25-13-15-27-55(53)62-58-40-38-52(42-60(58)54-26-14-16-28-56(54)61(57)62)64(48-23-11-4-12-24-48)50-35-31-46(32-36-50)44-19-7-2-8-20-44/h3-4,9-16,21-44H,1-2,5-8,17-20H2. The highest BCUT2D eigenvalue weighted by molar-refractivity contribution is 6.39. The first kappa shape index (κ1) is 38.7. The molecule has 2 saturated carbocycles. The monoisotopic (exact) mass is 826 g/mol. The minimum Gasteiger partial charge on any atom is -0.310 e. The van der Waals surface area contributed by atoms with Gasteiger partial charge in [-0.2, -0.15) is 0 Å². The van der Waals surface area contributed by atoms with Gasteiger partial charge in [0.25, 0.3) is 0 Å². The maximum atomic E-state index is 2.44. The van der Waals surface area contributed by atoms with Crippen molar-refractivity contribution in [2.24, 2.45) is 0 Å². The van der Waals surface area contributed by atoms with E-state index in [1.165, 1.54) is 141 Å². The van der Waals surface area contributed by atoms with Crippen molar-refractivity contribution >= 4 is 88.0 Å². The molecule has 0 saturated heterocycles. The lowest BCUT2D eigenvalue weighted by Crippen LogP contribution is -2.11. The van der Waals surface area contributed by atoms with Crippen LogP contribution >= 0.6 is 0 Å². The van der Waals surface area contributed by atoms with Gasteiger partial charge in [0.15, 0.2) is 0 Å². The van der Waals surface area contributed by atoms with Crippen LogP contribution in [0.4, 0.5) is 34.1 Å². The van der Waals surface area contributed by atoms with Crippen LogP contribution in [0.1, 0.15) is 87.2 Å². The molecule has 0 heterocycles. The molecule has 2 heteroatoms. The van der Waals surface area contributed by atoms with Gasteiger partial charge < -0.3 is 9.80 Å². The lowest BCUT2D eigenvalue weighted by atomic mass is 9.84. The number of hydrogen-bond donors (Lipinski definition) is 0. The maximum Gasteiger partial charge on any atom is 0.0468 e. The van der Waals surface area contributed by atoms with Crippen molar-refractivity contribution in [2.45, 2.75) is 76.0 Å². The SMILES string of the molecule is c1ccc(N(c2ccc(C3CCCCC3)cc2)c2ccc3c(c2)c2ccccc2c2c4ccc(N(c5ccccc5)c5ccc(C6CCCCC6)cc5)cc4c4ccccc4c32)cc1. The lowest BCUT2D eigenvalue weighted by Gasteiger charge is -2.28. The molecule has 0 aromatic heterocycles. The first-order chi connectivity index (χ1) is 31.8. The van der Waals surface area contributed by atoms with Crippen molar-refractivity contribution in [3.63, 3.8) is 0 Å². The van der Waals surface area contributed by atoms with Crippen LogP contribution in [0.15, 0.2) is 194 Å². The van der Waals surface area contributed by atoms with Crippen LogP contribution in [0, 0.1) is 0 Å². The molecule has 2 fully saturated rings. The Balaban J connectivity index is 1.04. The second kappa shape index (κ2) is 16.7. The minimum atomic E-state index is 0.677. The van der Waals surface area contributed by atoms with Crippen molar-refractivity contribution < 1.29 is 0 Å². The number of para-hydroxylation sites is 2. The first-order valence-corrected chi connectivity index (χ1v) is 23.9. The molecule has 2 aliphatic carbocycles. The normalized spacial score (nSPS) is 15.1. The molecule has 0 atom stereocenters. The van der Waals surface area contributed by atoms with Gasteiger partial charge in [0.05, 0.1) is 0 Å². The van der Waals surface area contributed by atoms with E-state index in [9.17, 15) is 0 Å². The molecule has 0 bridgehead atoms. The van der Waals surface area contributed by atoms with Gasteiger partial charge in [-0.05, 0) is 175 Å². The zero-order chi connectivity index (χ0) is 42.4. The zero-order valence-corrected chi connectivity index (χ0v) is 36.6. The molecule has 312 valence electrons.